The number of carbonyl (C=O) groups is 2. The number of carboxylic acids is 1. The van der Waals surface area contributed by atoms with Gasteiger partial charge in [-0.05, 0) is 46.4 Å². The lowest BCUT2D eigenvalue weighted by molar-refractivity contribution is 0.0696. The molecule has 29 heavy (non-hydrogen) atoms. The normalized spacial score (nSPS) is 14.3. The first-order chi connectivity index (χ1) is 14.1. The van der Waals surface area contributed by atoms with Crippen molar-refractivity contribution in [2.75, 3.05) is 18.1 Å². The smallest absolute Gasteiger partial charge is 0.414 e. The first-order valence-corrected chi connectivity index (χ1v) is 9.63. The van der Waals surface area contributed by atoms with Gasteiger partial charge in [0, 0.05) is 12.5 Å². The topological polar surface area (TPSA) is 66.8 Å². The van der Waals surface area contributed by atoms with Gasteiger partial charge in [-0.2, -0.15) is 0 Å². The van der Waals surface area contributed by atoms with Gasteiger partial charge in [0.25, 0.3) is 0 Å². The third kappa shape index (κ3) is 2.78. The molecule has 0 radical (unpaired) electrons. The number of fused-ring (bicyclic) bond motifs is 4. The molecule has 0 unspecified atom stereocenters. The molecule has 3 aromatic rings. The van der Waals surface area contributed by atoms with Gasteiger partial charge >= 0.3 is 12.1 Å². The standard InChI is InChI=1S/C24H19NO4/c26-23(27)20-10-5-11-22-19(20)12-13-25(22)24(28)29-14-21-17-8-3-1-6-15(17)16-7-2-4-9-18(16)21/h1-11,21H,12-14H2,(H,26,27). The number of carbonyl (C=O) groups excluding carboxylic acids is 1. The SMILES string of the molecule is O=C(O)c1cccc2c1CCN2C(=O)OCC1c2ccccc2-c2ccccc21. The lowest BCUT2D eigenvalue weighted by Gasteiger charge is -2.20. The van der Waals surface area contributed by atoms with E-state index in [9.17, 15) is 14.7 Å². The predicted octanol–water partition coefficient (Wildman–Crippen LogP) is 4.70. The average molecular weight is 385 g/mol. The number of nitrogens with zero attached hydrogens (tertiary/aromatic N) is 1. The van der Waals surface area contributed by atoms with Crippen LogP contribution in [-0.4, -0.2) is 30.3 Å². The zero-order chi connectivity index (χ0) is 20.0. The van der Waals surface area contributed by atoms with Crippen LogP contribution in [0.15, 0.2) is 66.7 Å². The Labute approximate surface area is 168 Å². The maximum absolute atomic E-state index is 12.8. The zero-order valence-corrected chi connectivity index (χ0v) is 15.7. The second-order valence-corrected chi connectivity index (χ2v) is 7.31. The second kappa shape index (κ2) is 6.78. The Bertz CT molecular complexity index is 1090. The highest BCUT2D eigenvalue weighted by Gasteiger charge is 2.32. The Hall–Kier alpha value is -3.60. The van der Waals surface area contributed by atoms with Crippen LogP contribution in [0.25, 0.3) is 11.1 Å². The number of amides is 1. The van der Waals surface area contributed by atoms with Crippen LogP contribution in [0.5, 0.6) is 0 Å². The molecule has 0 spiro atoms. The van der Waals surface area contributed by atoms with Crippen LogP contribution in [0, 0.1) is 0 Å². The zero-order valence-electron chi connectivity index (χ0n) is 15.7. The molecule has 5 heteroatoms. The van der Waals surface area contributed by atoms with Crippen LogP contribution in [0.4, 0.5) is 10.5 Å². The molecule has 1 N–H and O–H groups in total. The van der Waals surface area contributed by atoms with E-state index in [-0.39, 0.29) is 18.1 Å². The molecule has 1 amide bonds. The molecule has 0 aromatic heterocycles. The van der Waals surface area contributed by atoms with Crippen molar-refractivity contribution < 1.29 is 19.4 Å². The van der Waals surface area contributed by atoms with Gasteiger partial charge in [-0.25, -0.2) is 9.59 Å². The summed E-state index contributed by atoms with van der Waals surface area (Å²) in [6.07, 6.45) is 0.0790. The molecule has 3 aromatic carbocycles. The summed E-state index contributed by atoms with van der Waals surface area (Å²) >= 11 is 0. The van der Waals surface area contributed by atoms with Crippen LogP contribution in [0.1, 0.15) is 33.0 Å². The van der Waals surface area contributed by atoms with Crippen molar-refractivity contribution in [3.63, 3.8) is 0 Å². The molecule has 1 aliphatic carbocycles. The molecule has 0 saturated carbocycles. The van der Waals surface area contributed by atoms with E-state index in [2.05, 4.69) is 24.3 Å². The quantitative estimate of drug-likeness (QED) is 0.710. The fraction of sp³-hybridized carbons (Fsp3) is 0.167. The van der Waals surface area contributed by atoms with Gasteiger partial charge in [0.2, 0.25) is 0 Å². The Morgan fingerprint density at radius 3 is 2.24 bits per heavy atom. The summed E-state index contributed by atoms with van der Waals surface area (Å²) in [5, 5.41) is 9.37. The molecule has 2 aliphatic rings. The first kappa shape index (κ1) is 17.5. The number of benzene rings is 3. The molecule has 0 bridgehead atoms. The van der Waals surface area contributed by atoms with Crippen molar-refractivity contribution in [2.24, 2.45) is 0 Å². The number of ether oxygens (including phenoxy) is 1. The number of aromatic carboxylic acids is 1. The van der Waals surface area contributed by atoms with Gasteiger partial charge in [-0.1, -0.05) is 54.6 Å². The molecular weight excluding hydrogens is 366 g/mol. The van der Waals surface area contributed by atoms with Crippen LogP contribution < -0.4 is 4.90 Å². The van der Waals surface area contributed by atoms with Crippen molar-refractivity contribution >= 4 is 17.7 Å². The lowest BCUT2D eigenvalue weighted by Crippen LogP contribution is -2.30. The summed E-state index contributed by atoms with van der Waals surface area (Å²) in [6, 6.07) is 21.4. The van der Waals surface area contributed by atoms with Gasteiger partial charge in [0.15, 0.2) is 0 Å². The predicted molar refractivity (Wildman–Crippen MR) is 110 cm³/mol. The number of hydrogen-bond acceptors (Lipinski definition) is 3. The van der Waals surface area contributed by atoms with Crippen molar-refractivity contribution in [3.8, 4) is 11.1 Å². The second-order valence-electron chi connectivity index (χ2n) is 7.31. The van der Waals surface area contributed by atoms with Crippen molar-refractivity contribution in [2.45, 2.75) is 12.3 Å². The lowest BCUT2D eigenvalue weighted by atomic mass is 9.98. The maximum Gasteiger partial charge on any atom is 0.414 e. The van der Waals surface area contributed by atoms with Crippen molar-refractivity contribution in [1.82, 2.24) is 0 Å². The van der Waals surface area contributed by atoms with E-state index in [1.165, 1.54) is 16.0 Å². The van der Waals surface area contributed by atoms with Gasteiger partial charge < -0.3 is 9.84 Å². The van der Waals surface area contributed by atoms with Crippen LogP contribution in [0.2, 0.25) is 0 Å². The molecule has 0 atom stereocenters. The van der Waals surface area contributed by atoms with Crippen LogP contribution in [-0.2, 0) is 11.2 Å². The van der Waals surface area contributed by atoms with E-state index in [1.807, 2.05) is 24.3 Å². The largest absolute Gasteiger partial charge is 0.478 e. The number of carboxylic acid groups (broad SMARTS) is 1. The maximum atomic E-state index is 12.8. The average Bonchev–Trinajstić information content (AvgIpc) is 3.31. The van der Waals surface area contributed by atoms with Gasteiger partial charge in [-0.15, -0.1) is 0 Å². The Balaban J connectivity index is 1.38. The minimum Gasteiger partial charge on any atom is -0.478 e. The molecule has 5 rings (SSSR count). The summed E-state index contributed by atoms with van der Waals surface area (Å²) < 4.78 is 5.72. The van der Waals surface area contributed by atoms with E-state index in [0.29, 0.717) is 24.2 Å². The number of hydrogen-bond donors (Lipinski definition) is 1. The highest BCUT2D eigenvalue weighted by atomic mass is 16.6. The third-order valence-corrected chi connectivity index (χ3v) is 5.81. The van der Waals surface area contributed by atoms with E-state index < -0.39 is 12.1 Å². The van der Waals surface area contributed by atoms with Crippen molar-refractivity contribution in [3.05, 3.63) is 89.0 Å². The van der Waals surface area contributed by atoms with Crippen molar-refractivity contribution in [1.29, 1.82) is 0 Å². The summed E-state index contributed by atoms with van der Waals surface area (Å²) in [7, 11) is 0. The van der Waals surface area contributed by atoms with Crippen LogP contribution >= 0.6 is 0 Å². The third-order valence-electron chi connectivity index (χ3n) is 5.81. The molecule has 144 valence electrons. The summed E-state index contributed by atoms with van der Waals surface area (Å²) in [5.74, 6) is -0.977. The molecule has 5 nitrogen and oxygen atoms in total. The van der Waals surface area contributed by atoms with Crippen LogP contribution in [0.3, 0.4) is 0 Å². The van der Waals surface area contributed by atoms with E-state index >= 15 is 0 Å². The van der Waals surface area contributed by atoms with E-state index in [0.717, 1.165) is 11.1 Å². The fourth-order valence-electron chi connectivity index (χ4n) is 4.50. The molecule has 0 saturated heterocycles. The Morgan fingerprint density at radius 2 is 1.59 bits per heavy atom. The monoisotopic (exact) mass is 385 g/mol. The minimum absolute atomic E-state index is 0.00113. The fourth-order valence-corrected chi connectivity index (χ4v) is 4.50. The molecule has 1 heterocycles. The summed E-state index contributed by atoms with van der Waals surface area (Å²) in [6.45, 7) is 0.674. The summed E-state index contributed by atoms with van der Waals surface area (Å²) in [4.78, 5) is 25.8. The Kier molecular flexibility index (Phi) is 4.09. The minimum atomic E-state index is -0.976. The number of rotatable bonds is 3. The molecular formula is C24H19NO4. The summed E-state index contributed by atoms with van der Waals surface area (Å²) in [5.41, 5.74) is 6.25. The highest BCUT2D eigenvalue weighted by Crippen LogP contribution is 2.44. The van der Waals surface area contributed by atoms with E-state index in [4.69, 9.17) is 4.74 Å². The molecule has 0 fully saturated rings. The number of anilines is 1. The first-order valence-electron chi connectivity index (χ1n) is 9.63. The van der Waals surface area contributed by atoms with Gasteiger partial charge in [-0.3, -0.25) is 4.90 Å². The Morgan fingerprint density at radius 1 is 0.931 bits per heavy atom. The van der Waals surface area contributed by atoms with E-state index in [1.54, 1.807) is 18.2 Å². The van der Waals surface area contributed by atoms with Gasteiger partial charge in [0.05, 0.1) is 11.3 Å². The highest BCUT2D eigenvalue weighted by molar-refractivity contribution is 5.97. The molecule has 1 aliphatic heterocycles. The van der Waals surface area contributed by atoms with Gasteiger partial charge in [0.1, 0.15) is 6.61 Å².